The van der Waals surface area contributed by atoms with E-state index in [9.17, 15) is 18.0 Å². The van der Waals surface area contributed by atoms with Gasteiger partial charge in [-0.15, -0.1) is 0 Å². The second-order valence-corrected chi connectivity index (χ2v) is 6.39. The first-order valence-corrected chi connectivity index (χ1v) is 7.94. The fraction of sp³-hybridized carbons (Fsp3) is 0.235. The van der Waals surface area contributed by atoms with Crippen molar-refractivity contribution >= 4 is 28.6 Å². The largest absolute Gasteiger partial charge is 0.459 e. The topological polar surface area (TPSA) is 26.3 Å². The summed E-state index contributed by atoms with van der Waals surface area (Å²) in [5.74, 6) is -0.446. The Bertz CT molecular complexity index is 707. The van der Waals surface area contributed by atoms with Crippen LogP contribution in [-0.4, -0.2) is 12.1 Å². The number of esters is 1. The summed E-state index contributed by atoms with van der Waals surface area (Å²) in [7, 11) is 0. The number of hydrogen-bond acceptors (Lipinski definition) is 2. The molecular formula is C17H14F3IO2. The molecule has 0 aliphatic heterocycles. The third-order valence-corrected chi connectivity index (χ3v) is 4.02. The fourth-order valence-corrected chi connectivity index (χ4v) is 2.55. The molecule has 2 aromatic carbocycles. The summed E-state index contributed by atoms with van der Waals surface area (Å²) in [5.41, 5.74) is 0.964. The van der Waals surface area contributed by atoms with Crippen molar-refractivity contribution in [2.24, 2.45) is 0 Å². The van der Waals surface area contributed by atoms with Crippen molar-refractivity contribution in [2.75, 3.05) is 0 Å². The molecule has 0 aromatic heterocycles. The van der Waals surface area contributed by atoms with Crippen molar-refractivity contribution in [3.05, 3.63) is 57.2 Å². The van der Waals surface area contributed by atoms with Crippen LogP contribution in [0.2, 0.25) is 0 Å². The first kappa shape index (κ1) is 17.8. The van der Waals surface area contributed by atoms with Crippen molar-refractivity contribution in [2.45, 2.75) is 26.1 Å². The zero-order valence-electron chi connectivity index (χ0n) is 12.4. The molecule has 0 saturated heterocycles. The van der Waals surface area contributed by atoms with Gasteiger partial charge in [0.2, 0.25) is 0 Å². The van der Waals surface area contributed by atoms with Crippen LogP contribution in [0.25, 0.3) is 11.1 Å². The van der Waals surface area contributed by atoms with E-state index in [0.29, 0.717) is 16.7 Å². The van der Waals surface area contributed by atoms with Gasteiger partial charge in [0.1, 0.15) is 0 Å². The monoisotopic (exact) mass is 434 g/mol. The molecule has 0 N–H and O–H groups in total. The Labute approximate surface area is 145 Å². The minimum absolute atomic E-state index is 0.243. The molecule has 2 rings (SSSR count). The Morgan fingerprint density at radius 1 is 1.04 bits per heavy atom. The highest BCUT2D eigenvalue weighted by Gasteiger charge is 2.30. The molecule has 122 valence electrons. The molecule has 0 saturated carbocycles. The molecule has 2 aromatic rings. The summed E-state index contributed by atoms with van der Waals surface area (Å²) in [6.45, 7) is 3.51. The molecule has 0 fully saturated rings. The van der Waals surface area contributed by atoms with E-state index >= 15 is 0 Å². The van der Waals surface area contributed by atoms with E-state index in [1.165, 1.54) is 12.1 Å². The van der Waals surface area contributed by atoms with Crippen LogP contribution in [0.4, 0.5) is 13.2 Å². The minimum atomic E-state index is -4.36. The normalized spacial score (nSPS) is 11.6. The van der Waals surface area contributed by atoms with Crippen molar-refractivity contribution in [1.82, 2.24) is 0 Å². The standard InChI is InChI=1S/C17H14F3IO2/c1-10(2)23-16(22)14-9-12(5-8-15(14)21)11-3-6-13(7-4-11)17(18,19)20/h3-10H,1-2H3. The number of carbonyl (C=O) groups is 1. The van der Waals surface area contributed by atoms with E-state index in [-0.39, 0.29) is 6.10 Å². The SMILES string of the molecule is CC(C)OC(=O)c1cc(-c2ccc(C(F)(F)F)cc2)ccc1I. The van der Waals surface area contributed by atoms with Crippen molar-refractivity contribution in [3.8, 4) is 11.1 Å². The second-order valence-electron chi connectivity index (χ2n) is 5.22. The molecule has 0 aliphatic rings. The Morgan fingerprint density at radius 2 is 1.61 bits per heavy atom. The number of carbonyl (C=O) groups excluding carboxylic acids is 1. The van der Waals surface area contributed by atoms with Crippen LogP contribution >= 0.6 is 22.6 Å². The molecule has 0 heterocycles. The van der Waals surface area contributed by atoms with Crippen LogP contribution in [0.3, 0.4) is 0 Å². The lowest BCUT2D eigenvalue weighted by Crippen LogP contribution is -2.13. The lowest BCUT2D eigenvalue weighted by Gasteiger charge is -2.11. The molecule has 6 heteroatoms. The lowest BCUT2D eigenvalue weighted by molar-refractivity contribution is -0.137. The van der Waals surface area contributed by atoms with E-state index in [2.05, 4.69) is 0 Å². The quantitative estimate of drug-likeness (QED) is 0.469. The average molecular weight is 434 g/mol. The van der Waals surface area contributed by atoms with E-state index in [1.807, 2.05) is 22.6 Å². The van der Waals surface area contributed by atoms with Crippen LogP contribution in [0.15, 0.2) is 42.5 Å². The minimum Gasteiger partial charge on any atom is -0.459 e. The third-order valence-electron chi connectivity index (χ3n) is 3.07. The van der Waals surface area contributed by atoms with Crippen LogP contribution in [-0.2, 0) is 10.9 Å². The van der Waals surface area contributed by atoms with Gasteiger partial charge in [-0.25, -0.2) is 4.79 Å². The molecular weight excluding hydrogens is 420 g/mol. The van der Waals surface area contributed by atoms with Crippen molar-refractivity contribution < 1.29 is 22.7 Å². The second kappa shape index (κ2) is 6.90. The van der Waals surface area contributed by atoms with Gasteiger partial charge >= 0.3 is 12.1 Å². The fourth-order valence-electron chi connectivity index (χ4n) is 1.99. The summed E-state index contributed by atoms with van der Waals surface area (Å²) < 4.78 is 43.7. The van der Waals surface area contributed by atoms with Crippen LogP contribution in [0, 0.1) is 3.57 Å². The highest BCUT2D eigenvalue weighted by Crippen LogP contribution is 2.31. The molecule has 0 bridgehead atoms. The molecule has 0 spiro atoms. The Balaban J connectivity index is 2.35. The predicted octanol–water partition coefficient (Wildman–Crippen LogP) is 5.54. The number of benzene rings is 2. The Morgan fingerprint density at radius 3 is 2.13 bits per heavy atom. The van der Waals surface area contributed by atoms with E-state index < -0.39 is 17.7 Å². The summed E-state index contributed by atoms with van der Waals surface area (Å²) in [6, 6.07) is 9.97. The maximum Gasteiger partial charge on any atom is 0.416 e. The molecule has 0 aliphatic carbocycles. The summed E-state index contributed by atoms with van der Waals surface area (Å²) in [5, 5.41) is 0. The maximum atomic E-state index is 12.6. The van der Waals surface area contributed by atoms with E-state index in [0.717, 1.165) is 15.7 Å². The highest BCUT2D eigenvalue weighted by molar-refractivity contribution is 14.1. The highest BCUT2D eigenvalue weighted by atomic mass is 127. The average Bonchev–Trinajstić information content (AvgIpc) is 2.46. The van der Waals surface area contributed by atoms with Gasteiger partial charge in [0.15, 0.2) is 0 Å². The van der Waals surface area contributed by atoms with Crippen LogP contribution < -0.4 is 0 Å². The molecule has 0 atom stereocenters. The van der Waals surface area contributed by atoms with E-state index in [4.69, 9.17) is 4.74 Å². The van der Waals surface area contributed by atoms with Crippen molar-refractivity contribution in [1.29, 1.82) is 0 Å². The number of ether oxygens (including phenoxy) is 1. The Kier molecular flexibility index (Phi) is 5.33. The smallest absolute Gasteiger partial charge is 0.416 e. The zero-order valence-corrected chi connectivity index (χ0v) is 14.6. The number of halogens is 4. The van der Waals surface area contributed by atoms with Gasteiger partial charge < -0.3 is 4.74 Å². The zero-order chi connectivity index (χ0) is 17.2. The molecule has 0 radical (unpaired) electrons. The number of hydrogen-bond donors (Lipinski definition) is 0. The van der Waals surface area contributed by atoms with Gasteiger partial charge in [0.05, 0.1) is 17.2 Å². The molecule has 2 nitrogen and oxygen atoms in total. The summed E-state index contributed by atoms with van der Waals surface area (Å²) in [4.78, 5) is 12.1. The Hall–Kier alpha value is -1.57. The van der Waals surface area contributed by atoms with Gasteiger partial charge in [-0.2, -0.15) is 13.2 Å². The lowest BCUT2D eigenvalue weighted by atomic mass is 10.0. The van der Waals surface area contributed by atoms with Crippen LogP contribution in [0.1, 0.15) is 29.8 Å². The van der Waals surface area contributed by atoms with Crippen molar-refractivity contribution in [3.63, 3.8) is 0 Å². The predicted molar refractivity (Wildman–Crippen MR) is 90.1 cm³/mol. The summed E-state index contributed by atoms with van der Waals surface area (Å²) >= 11 is 2.02. The first-order chi connectivity index (χ1) is 10.7. The number of rotatable bonds is 3. The van der Waals surface area contributed by atoms with Gasteiger partial charge in [0.25, 0.3) is 0 Å². The number of alkyl halides is 3. The van der Waals surface area contributed by atoms with E-state index in [1.54, 1.807) is 32.0 Å². The van der Waals surface area contributed by atoms with Crippen LogP contribution in [0.5, 0.6) is 0 Å². The molecule has 0 unspecified atom stereocenters. The molecule has 23 heavy (non-hydrogen) atoms. The van der Waals surface area contributed by atoms with Gasteiger partial charge in [0, 0.05) is 3.57 Å². The van der Waals surface area contributed by atoms with Gasteiger partial charge in [-0.05, 0) is 71.8 Å². The van der Waals surface area contributed by atoms with Gasteiger partial charge in [-0.1, -0.05) is 18.2 Å². The maximum absolute atomic E-state index is 12.6. The summed E-state index contributed by atoms with van der Waals surface area (Å²) in [6.07, 6.45) is -4.61. The van der Waals surface area contributed by atoms with Gasteiger partial charge in [-0.3, -0.25) is 0 Å². The molecule has 0 amide bonds. The third kappa shape index (κ3) is 4.46. The first-order valence-electron chi connectivity index (χ1n) is 6.86.